The van der Waals surface area contributed by atoms with Gasteiger partial charge in [-0.25, -0.2) is 0 Å². The van der Waals surface area contributed by atoms with Crippen molar-refractivity contribution >= 4 is 0 Å². The first-order valence-corrected chi connectivity index (χ1v) is 8.05. The van der Waals surface area contributed by atoms with Gasteiger partial charge >= 0.3 is 0 Å². The van der Waals surface area contributed by atoms with Crippen LogP contribution in [-0.4, -0.2) is 67.3 Å². The third-order valence-electron chi connectivity index (χ3n) is 5.14. The van der Waals surface area contributed by atoms with Crippen molar-refractivity contribution in [3.05, 3.63) is 0 Å². The lowest BCUT2D eigenvalue weighted by Gasteiger charge is -2.47. The molecule has 112 valence electrons. The highest BCUT2D eigenvalue weighted by atomic mass is 16.5. The quantitative estimate of drug-likeness (QED) is 0.707. The zero-order valence-electron chi connectivity index (χ0n) is 12.7. The summed E-state index contributed by atoms with van der Waals surface area (Å²) in [7, 11) is 0. The average Bonchev–Trinajstić information content (AvgIpc) is 2.84. The molecule has 2 atom stereocenters. The molecule has 0 aromatic rings. The van der Waals surface area contributed by atoms with Gasteiger partial charge in [0.2, 0.25) is 0 Å². The molecule has 0 spiro atoms. The summed E-state index contributed by atoms with van der Waals surface area (Å²) >= 11 is 0. The van der Waals surface area contributed by atoms with E-state index in [0.717, 1.165) is 32.8 Å². The van der Waals surface area contributed by atoms with Gasteiger partial charge in [0.25, 0.3) is 0 Å². The summed E-state index contributed by atoms with van der Waals surface area (Å²) in [6.07, 6.45) is 5.28. The van der Waals surface area contributed by atoms with E-state index in [-0.39, 0.29) is 5.54 Å². The Labute approximate surface area is 118 Å². The molecule has 2 aliphatic heterocycles. The van der Waals surface area contributed by atoms with E-state index in [1.807, 2.05) is 0 Å². The van der Waals surface area contributed by atoms with Crippen LogP contribution in [0.25, 0.3) is 0 Å². The number of hydrogen-bond donors (Lipinski definition) is 1. The molecule has 19 heavy (non-hydrogen) atoms. The van der Waals surface area contributed by atoms with Crippen molar-refractivity contribution in [2.45, 2.75) is 51.1 Å². The van der Waals surface area contributed by atoms with Crippen molar-refractivity contribution in [2.24, 2.45) is 5.73 Å². The number of fused-ring (bicyclic) bond motifs is 1. The van der Waals surface area contributed by atoms with Crippen LogP contribution in [0.5, 0.6) is 0 Å². The Balaban J connectivity index is 2.06. The Morgan fingerprint density at radius 1 is 1.32 bits per heavy atom. The maximum atomic E-state index is 6.25. The van der Waals surface area contributed by atoms with E-state index in [1.165, 1.54) is 38.8 Å². The van der Waals surface area contributed by atoms with E-state index in [1.54, 1.807) is 0 Å². The van der Waals surface area contributed by atoms with Crippen molar-refractivity contribution in [1.29, 1.82) is 0 Å². The molecule has 0 bridgehead atoms. The smallest absolute Gasteiger partial charge is 0.0593 e. The summed E-state index contributed by atoms with van der Waals surface area (Å²) in [5.74, 6) is 0. The average molecular weight is 269 g/mol. The van der Waals surface area contributed by atoms with Crippen LogP contribution in [0.2, 0.25) is 0 Å². The molecule has 0 aliphatic carbocycles. The third-order valence-corrected chi connectivity index (χ3v) is 5.14. The van der Waals surface area contributed by atoms with Crippen LogP contribution in [0.1, 0.15) is 39.5 Å². The number of nitrogens with two attached hydrogens (primary N) is 1. The van der Waals surface area contributed by atoms with Gasteiger partial charge in [0.05, 0.1) is 6.61 Å². The lowest BCUT2D eigenvalue weighted by atomic mass is 9.83. The van der Waals surface area contributed by atoms with Crippen LogP contribution in [-0.2, 0) is 4.74 Å². The van der Waals surface area contributed by atoms with Gasteiger partial charge in [-0.05, 0) is 39.3 Å². The Bertz CT molecular complexity index is 274. The summed E-state index contributed by atoms with van der Waals surface area (Å²) in [6, 6.07) is 0.674. The molecule has 2 aliphatic rings. The highest BCUT2D eigenvalue weighted by Gasteiger charge is 2.49. The maximum Gasteiger partial charge on any atom is 0.0593 e. The fraction of sp³-hybridized carbons (Fsp3) is 1.00. The van der Waals surface area contributed by atoms with Crippen molar-refractivity contribution in [3.8, 4) is 0 Å². The number of likely N-dealkylation sites (N-methyl/N-ethyl adjacent to an activating group) is 1. The third kappa shape index (κ3) is 2.97. The van der Waals surface area contributed by atoms with Gasteiger partial charge in [-0.3, -0.25) is 9.80 Å². The fourth-order valence-corrected chi connectivity index (χ4v) is 4.12. The molecule has 4 nitrogen and oxygen atoms in total. The summed E-state index contributed by atoms with van der Waals surface area (Å²) in [4.78, 5) is 5.28. The van der Waals surface area contributed by atoms with Gasteiger partial charge in [-0.2, -0.15) is 0 Å². The molecular weight excluding hydrogens is 238 g/mol. The second-order valence-corrected chi connectivity index (χ2v) is 5.88. The zero-order chi connectivity index (χ0) is 13.7. The van der Waals surface area contributed by atoms with E-state index in [4.69, 9.17) is 10.5 Å². The van der Waals surface area contributed by atoms with Crippen LogP contribution < -0.4 is 5.73 Å². The van der Waals surface area contributed by atoms with Gasteiger partial charge in [0, 0.05) is 37.8 Å². The second-order valence-electron chi connectivity index (χ2n) is 5.88. The van der Waals surface area contributed by atoms with Crippen molar-refractivity contribution in [2.75, 3.05) is 45.9 Å². The Hall–Kier alpha value is -0.160. The minimum atomic E-state index is 0.201. The highest BCUT2D eigenvalue weighted by Crippen LogP contribution is 2.38. The topological polar surface area (TPSA) is 41.7 Å². The number of ether oxygens (including phenoxy) is 1. The maximum absolute atomic E-state index is 6.25. The Morgan fingerprint density at radius 2 is 2.16 bits per heavy atom. The first-order chi connectivity index (χ1) is 9.28. The largest absolute Gasteiger partial charge is 0.380 e. The summed E-state index contributed by atoms with van der Waals surface area (Å²) in [6.45, 7) is 11.3. The van der Waals surface area contributed by atoms with Gasteiger partial charge in [-0.15, -0.1) is 0 Å². The van der Waals surface area contributed by atoms with Gasteiger partial charge in [-0.1, -0.05) is 13.3 Å². The molecule has 0 amide bonds. The van der Waals surface area contributed by atoms with Crippen LogP contribution in [0, 0.1) is 0 Å². The molecule has 2 fully saturated rings. The predicted octanol–water partition coefficient (Wildman–Crippen LogP) is 1.30. The molecule has 0 aromatic heterocycles. The number of rotatable bonds is 7. The lowest BCUT2D eigenvalue weighted by molar-refractivity contribution is 0.0177. The van der Waals surface area contributed by atoms with Crippen molar-refractivity contribution in [3.63, 3.8) is 0 Å². The molecule has 2 unspecified atom stereocenters. The molecule has 4 heteroatoms. The fourth-order valence-electron chi connectivity index (χ4n) is 4.12. The standard InChI is InChI=1S/C15H31N3O/c1-3-18(11-12-19-4-2)15(13-16)8-10-17-9-6-5-7-14(15)17/h14H,3-13,16H2,1-2H3. The van der Waals surface area contributed by atoms with Crippen LogP contribution in [0.3, 0.4) is 0 Å². The summed E-state index contributed by atoms with van der Waals surface area (Å²) < 4.78 is 5.55. The summed E-state index contributed by atoms with van der Waals surface area (Å²) in [5.41, 5.74) is 6.45. The molecule has 0 aromatic carbocycles. The monoisotopic (exact) mass is 269 g/mol. The second kappa shape index (κ2) is 7.02. The highest BCUT2D eigenvalue weighted by molar-refractivity contribution is 5.08. The molecule has 2 N–H and O–H groups in total. The van der Waals surface area contributed by atoms with E-state index in [9.17, 15) is 0 Å². The van der Waals surface area contributed by atoms with E-state index in [0.29, 0.717) is 6.04 Å². The predicted molar refractivity (Wildman–Crippen MR) is 79.4 cm³/mol. The van der Waals surface area contributed by atoms with Gasteiger partial charge in [0.1, 0.15) is 0 Å². The molecular formula is C15H31N3O. The lowest BCUT2D eigenvalue weighted by Crippen LogP contribution is -2.62. The number of hydrogen-bond acceptors (Lipinski definition) is 4. The Kier molecular flexibility index (Phi) is 5.63. The number of nitrogens with zero attached hydrogens (tertiary/aromatic N) is 2. The SMILES string of the molecule is CCOCCN(CC)C1(CN)CCN2CCCCC21. The molecule has 2 saturated heterocycles. The normalized spacial score (nSPS) is 31.9. The zero-order valence-corrected chi connectivity index (χ0v) is 12.7. The van der Waals surface area contributed by atoms with Crippen molar-refractivity contribution < 1.29 is 4.74 Å². The first kappa shape index (κ1) is 15.2. The van der Waals surface area contributed by atoms with E-state index >= 15 is 0 Å². The van der Waals surface area contributed by atoms with Crippen LogP contribution in [0.4, 0.5) is 0 Å². The van der Waals surface area contributed by atoms with E-state index < -0.39 is 0 Å². The molecule has 0 saturated carbocycles. The minimum Gasteiger partial charge on any atom is -0.380 e. The van der Waals surface area contributed by atoms with Crippen molar-refractivity contribution in [1.82, 2.24) is 9.80 Å². The molecule has 0 radical (unpaired) electrons. The molecule has 2 heterocycles. The minimum absolute atomic E-state index is 0.201. The summed E-state index contributed by atoms with van der Waals surface area (Å²) in [5, 5.41) is 0. The number of piperidine rings is 1. The first-order valence-electron chi connectivity index (χ1n) is 8.05. The Morgan fingerprint density at radius 3 is 2.84 bits per heavy atom. The molecule has 2 rings (SSSR count). The van der Waals surface area contributed by atoms with Crippen LogP contribution >= 0.6 is 0 Å². The van der Waals surface area contributed by atoms with Crippen LogP contribution in [0.15, 0.2) is 0 Å². The van der Waals surface area contributed by atoms with E-state index in [2.05, 4.69) is 23.6 Å². The van der Waals surface area contributed by atoms with Gasteiger partial charge < -0.3 is 10.5 Å². The van der Waals surface area contributed by atoms with Gasteiger partial charge in [0.15, 0.2) is 0 Å².